The van der Waals surface area contributed by atoms with Gasteiger partial charge in [-0.3, -0.25) is 9.89 Å². The Bertz CT molecular complexity index is 1160. The Hall–Kier alpha value is -3.40. The highest BCUT2D eigenvalue weighted by Gasteiger charge is 2.35. The summed E-state index contributed by atoms with van der Waals surface area (Å²) in [5.41, 5.74) is 2.20. The van der Waals surface area contributed by atoms with Crippen molar-refractivity contribution in [2.45, 2.75) is 32.6 Å². The molecule has 3 aromatic heterocycles. The summed E-state index contributed by atoms with van der Waals surface area (Å²) in [7, 11) is 3.17. The van der Waals surface area contributed by atoms with Crippen molar-refractivity contribution in [1.82, 2.24) is 25.1 Å². The SMILES string of the molecule is COCCCOc1cc2c(nc1OC)-c1[nH]c(=O)c(-c3ncn[nH]3)c(O)c1C(C(C)C)C2. The van der Waals surface area contributed by atoms with E-state index in [-0.39, 0.29) is 29.0 Å². The topological polar surface area (TPSA) is 135 Å². The second-order valence-electron chi connectivity index (χ2n) is 8.05. The molecule has 3 N–H and O–H groups in total. The Morgan fingerprint density at radius 3 is 2.75 bits per heavy atom. The van der Waals surface area contributed by atoms with Gasteiger partial charge >= 0.3 is 0 Å². The van der Waals surface area contributed by atoms with Gasteiger partial charge in [-0.25, -0.2) is 9.97 Å². The van der Waals surface area contributed by atoms with E-state index in [2.05, 4.69) is 39.0 Å². The first kappa shape index (κ1) is 21.8. The lowest BCUT2D eigenvalue weighted by atomic mass is 9.76. The fraction of sp³-hybridized carbons (Fsp3) is 0.455. The molecular formula is C22H27N5O5. The summed E-state index contributed by atoms with van der Waals surface area (Å²) in [5, 5.41) is 17.6. The number of methoxy groups -OCH3 is 2. The second kappa shape index (κ2) is 8.99. The average molecular weight is 441 g/mol. The number of aromatic amines is 2. The molecule has 1 atom stereocenters. The van der Waals surface area contributed by atoms with Crippen LogP contribution in [0.4, 0.5) is 0 Å². The second-order valence-corrected chi connectivity index (χ2v) is 8.05. The largest absolute Gasteiger partial charge is 0.507 e. The number of aromatic nitrogens is 5. The van der Waals surface area contributed by atoms with Crippen LogP contribution < -0.4 is 15.0 Å². The van der Waals surface area contributed by atoms with Crippen molar-refractivity contribution in [3.05, 3.63) is 33.9 Å². The number of rotatable bonds is 8. The lowest BCUT2D eigenvalue weighted by molar-refractivity contribution is 0.170. The van der Waals surface area contributed by atoms with Gasteiger partial charge in [-0.15, -0.1) is 0 Å². The van der Waals surface area contributed by atoms with E-state index in [9.17, 15) is 9.90 Å². The lowest BCUT2D eigenvalue weighted by Gasteiger charge is -2.31. The fourth-order valence-electron chi connectivity index (χ4n) is 4.13. The van der Waals surface area contributed by atoms with Gasteiger partial charge in [0.05, 0.1) is 25.1 Å². The van der Waals surface area contributed by atoms with Crippen LogP contribution in [-0.2, 0) is 11.2 Å². The molecular weight excluding hydrogens is 414 g/mol. The van der Waals surface area contributed by atoms with Crippen molar-refractivity contribution in [2.24, 2.45) is 5.92 Å². The predicted molar refractivity (Wildman–Crippen MR) is 117 cm³/mol. The van der Waals surface area contributed by atoms with Crippen LogP contribution >= 0.6 is 0 Å². The molecule has 32 heavy (non-hydrogen) atoms. The van der Waals surface area contributed by atoms with Crippen molar-refractivity contribution < 1.29 is 19.3 Å². The minimum atomic E-state index is -0.478. The Balaban J connectivity index is 1.86. The summed E-state index contributed by atoms with van der Waals surface area (Å²) in [4.78, 5) is 24.5. The Morgan fingerprint density at radius 2 is 2.09 bits per heavy atom. The summed E-state index contributed by atoms with van der Waals surface area (Å²) < 4.78 is 16.4. The van der Waals surface area contributed by atoms with Gasteiger partial charge in [0.1, 0.15) is 17.6 Å². The van der Waals surface area contributed by atoms with E-state index in [0.717, 1.165) is 12.0 Å². The molecule has 1 aliphatic rings. The lowest BCUT2D eigenvalue weighted by Crippen LogP contribution is -2.23. The zero-order valence-corrected chi connectivity index (χ0v) is 18.6. The molecule has 10 heteroatoms. The smallest absolute Gasteiger partial charge is 0.263 e. The van der Waals surface area contributed by atoms with Crippen LogP contribution in [-0.4, -0.2) is 57.7 Å². The Labute approximate surface area is 185 Å². The van der Waals surface area contributed by atoms with E-state index < -0.39 is 5.56 Å². The van der Waals surface area contributed by atoms with Crippen LogP contribution in [0.5, 0.6) is 17.4 Å². The Morgan fingerprint density at radius 1 is 1.28 bits per heavy atom. The third-order valence-electron chi connectivity index (χ3n) is 5.71. The molecule has 0 aromatic carbocycles. The molecule has 3 aromatic rings. The molecule has 170 valence electrons. The first-order chi connectivity index (χ1) is 15.5. The third-order valence-corrected chi connectivity index (χ3v) is 5.71. The first-order valence-corrected chi connectivity index (χ1v) is 10.5. The van der Waals surface area contributed by atoms with E-state index in [1.54, 1.807) is 7.11 Å². The van der Waals surface area contributed by atoms with Gasteiger partial charge in [-0.1, -0.05) is 13.8 Å². The molecule has 1 aliphatic carbocycles. The molecule has 10 nitrogen and oxygen atoms in total. The van der Waals surface area contributed by atoms with Crippen molar-refractivity contribution in [1.29, 1.82) is 0 Å². The van der Waals surface area contributed by atoms with Gasteiger partial charge in [0.2, 0.25) is 0 Å². The molecule has 0 aliphatic heterocycles. The molecule has 0 radical (unpaired) electrons. The average Bonchev–Trinajstić information content (AvgIpc) is 3.29. The summed E-state index contributed by atoms with van der Waals surface area (Å²) in [6, 6.07) is 1.91. The zero-order chi connectivity index (χ0) is 22.8. The predicted octanol–water partition coefficient (Wildman–Crippen LogP) is 2.65. The molecule has 0 saturated carbocycles. The van der Waals surface area contributed by atoms with Crippen LogP contribution in [0.25, 0.3) is 22.8 Å². The van der Waals surface area contributed by atoms with E-state index in [1.807, 2.05) is 6.07 Å². The van der Waals surface area contributed by atoms with Gasteiger partial charge in [0.25, 0.3) is 11.4 Å². The molecule has 0 amide bonds. The summed E-state index contributed by atoms with van der Waals surface area (Å²) in [6.45, 7) is 5.22. The van der Waals surface area contributed by atoms with Crippen molar-refractivity contribution in [2.75, 3.05) is 27.4 Å². The Kier molecular flexibility index (Phi) is 6.13. The van der Waals surface area contributed by atoms with Gasteiger partial charge in [-0.2, -0.15) is 5.10 Å². The van der Waals surface area contributed by atoms with E-state index >= 15 is 0 Å². The highest BCUT2D eigenvalue weighted by atomic mass is 16.5. The van der Waals surface area contributed by atoms with E-state index in [0.29, 0.717) is 48.2 Å². The number of ether oxygens (including phenoxy) is 3. The quantitative estimate of drug-likeness (QED) is 0.454. The van der Waals surface area contributed by atoms with Gasteiger partial charge in [0, 0.05) is 25.7 Å². The molecule has 3 heterocycles. The summed E-state index contributed by atoms with van der Waals surface area (Å²) in [5.74, 6) is 1.10. The molecule has 0 bridgehead atoms. The van der Waals surface area contributed by atoms with Crippen molar-refractivity contribution in [3.8, 4) is 40.2 Å². The van der Waals surface area contributed by atoms with Crippen LogP contribution in [0.3, 0.4) is 0 Å². The number of aromatic hydroxyl groups is 1. The summed E-state index contributed by atoms with van der Waals surface area (Å²) >= 11 is 0. The fourth-order valence-corrected chi connectivity index (χ4v) is 4.13. The van der Waals surface area contributed by atoms with Gasteiger partial charge in [-0.05, 0) is 29.9 Å². The minimum Gasteiger partial charge on any atom is -0.507 e. The van der Waals surface area contributed by atoms with Crippen LogP contribution in [0.15, 0.2) is 17.2 Å². The number of hydrogen-bond acceptors (Lipinski definition) is 8. The number of nitrogens with zero attached hydrogens (tertiary/aromatic N) is 3. The molecule has 0 fully saturated rings. The van der Waals surface area contributed by atoms with Gasteiger partial charge < -0.3 is 24.3 Å². The third kappa shape index (κ3) is 3.81. The number of hydrogen-bond donors (Lipinski definition) is 3. The van der Waals surface area contributed by atoms with Crippen LogP contribution in [0, 0.1) is 5.92 Å². The maximum absolute atomic E-state index is 12.9. The number of pyridine rings is 2. The highest BCUT2D eigenvalue weighted by molar-refractivity contribution is 5.77. The molecule has 4 rings (SSSR count). The highest BCUT2D eigenvalue weighted by Crippen LogP contribution is 2.48. The molecule has 0 saturated heterocycles. The molecule has 1 unspecified atom stereocenters. The monoisotopic (exact) mass is 441 g/mol. The van der Waals surface area contributed by atoms with Crippen molar-refractivity contribution in [3.63, 3.8) is 0 Å². The van der Waals surface area contributed by atoms with Crippen LogP contribution in [0.2, 0.25) is 0 Å². The van der Waals surface area contributed by atoms with E-state index in [1.165, 1.54) is 13.4 Å². The molecule has 0 spiro atoms. The van der Waals surface area contributed by atoms with Crippen LogP contribution in [0.1, 0.15) is 37.3 Å². The van der Waals surface area contributed by atoms with E-state index in [4.69, 9.17) is 14.2 Å². The number of fused-ring (bicyclic) bond motifs is 3. The number of H-pyrrole nitrogens is 2. The first-order valence-electron chi connectivity index (χ1n) is 10.5. The van der Waals surface area contributed by atoms with Gasteiger partial charge in [0.15, 0.2) is 11.6 Å². The summed E-state index contributed by atoms with van der Waals surface area (Å²) in [6.07, 6.45) is 2.66. The van der Waals surface area contributed by atoms with Crippen molar-refractivity contribution >= 4 is 0 Å². The number of nitrogens with one attached hydrogen (secondary N) is 2. The standard InChI is InChI=1S/C22H27N5O5/c1-11(2)13-8-12-9-14(32-7-5-6-30-3)22(31-4)26-17(12)18-15(13)19(28)16(21(29)25-18)20-23-10-24-27-20/h9-11,13H,5-8H2,1-4H3,(H,23,24,27)(H2,25,28,29). The minimum absolute atomic E-state index is 0.0486. The maximum atomic E-state index is 12.9. The normalized spacial score (nSPS) is 14.8. The zero-order valence-electron chi connectivity index (χ0n) is 18.6. The maximum Gasteiger partial charge on any atom is 0.263 e.